The van der Waals surface area contributed by atoms with Gasteiger partial charge < -0.3 is 19.9 Å². The number of hydrogen-bond acceptors (Lipinski definition) is 3. The minimum atomic E-state index is -0.235. The summed E-state index contributed by atoms with van der Waals surface area (Å²) in [4.78, 5) is 16.5. The van der Waals surface area contributed by atoms with E-state index in [1.807, 2.05) is 24.3 Å². The maximum Gasteiger partial charge on any atom is 0.322 e. The molecule has 1 aliphatic heterocycles. The van der Waals surface area contributed by atoms with E-state index in [1.54, 1.807) is 24.1 Å². The van der Waals surface area contributed by atoms with Crippen molar-refractivity contribution in [2.24, 2.45) is 0 Å². The molecule has 2 aromatic rings. The van der Waals surface area contributed by atoms with Crippen LogP contribution < -0.4 is 15.0 Å². The summed E-state index contributed by atoms with van der Waals surface area (Å²) < 4.78 is 5.27. The van der Waals surface area contributed by atoms with E-state index in [0.29, 0.717) is 33.8 Å². The molecule has 8 heteroatoms. The third kappa shape index (κ3) is 4.29. The quantitative estimate of drug-likeness (QED) is 0.768. The topological polar surface area (TPSA) is 44.8 Å². The highest BCUT2D eigenvalue weighted by atomic mass is 35.5. The van der Waals surface area contributed by atoms with Crippen molar-refractivity contribution >= 4 is 52.2 Å². The predicted octanol–water partition coefficient (Wildman–Crippen LogP) is 5.01. The molecule has 1 saturated heterocycles. The number of nitrogens with one attached hydrogen (secondary N) is 1. The second-order valence-corrected chi connectivity index (χ2v) is 7.10. The van der Waals surface area contributed by atoms with Gasteiger partial charge in [-0.2, -0.15) is 0 Å². The molecule has 0 aliphatic carbocycles. The summed E-state index contributed by atoms with van der Waals surface area (Å²) in [5, 5.41) is 3.82. The molecule has 2 aromatic carbocycles. The van der Waals surface area contributed by atoms with Gasteiger partial charge >= 0.3 is 6.03 Å². The Morgan fingerprint density at radius 3 is 2.31 bits per heavy atom. The third-order valence-corrected chi connectivity index (χ3v) is 5.04. The Morgan fingerprint density at radius 2 is 1.69 bits per heavy atom. The summed E-state index contributed by atoms with van der Waals surface area (Å²) in [7, 11) is 1.65. The van der Waals surface area contributed by atoms with Crippen LogP contribution in [0.5, 0.6) is 5.75 Å². The van der Waals surface area contributed by atoms with Gasteiger partial charge in [-0.15, -0.1) is 0 Å². The lowest BCUT2D eigenvalue weighted by atomic mass is 10.2. The monoisotopic (exact) mass is 413 g/mol. The van der Waals surface area contributed by atoms with E-state index in [2.05, 4.69) is 10.2 Å². The SMILES string of the molecule is COc1cccc(N2CCN(C(=O)Nc3c(Cl)cc(Cl)cc3Cl)CC2)c1. The Hall–Kier alpha value is -1.82. The smallest absolute Gasteiger partial charge is 0.322 e. The first kappa shape index (κ1) is 19.0. The van der Waals surface area contributed by atoms with E-state index in [0.717, 1.165) is 24.5 Å². The molecule has 0 unspecified atom stereocenters. The Kier molecular flexibility index (Phi) is 6.01. The lowest BCUT2D eigenvalue weighted by Gasteiger charge is -2.36. The molecule has 0 atom stereocenters. The number of carbonyl (C=O) groups is 1. The number of amides is 2. The fourth-order valence-electron chi connectivity index (χ4n) is 2.82. The summed E-state index contributed by atoms with van der Waals surface area (Å²) in [5.74, 6) is 0.815. The molecule has 0 aromatic heterocycles. The first-order chi connectivity index (χ1) is 12.5. The van der Waals surface area contributed by atoms with Crippen LogP contribution in [0.4, 0.5) is 16.2 Å². The van der Waals surface area contributed by atoms with Crippen molar-refractivity contribution < 1.29 is 9.53 Å². The highest BCUT2D eigenvalue weighted by Crippen LogP contribution is 2.34. The summed E-state index contributed by atoms with van der Waals surface area (Å²) in [6, 6.07) is 10.7. The van der Waals surface area contributed by atoms with E-state index in [9.17, 15) is 4.79 Å². The molecule has 1 aliphatic rings. The number of halogens is 3. The number of hydrogen-bond donors (Lipinski definition) is 1. The molecule has 0 radical (unpaired) electrons. The highest BCUT2D eigenvalue weighted by Gasteiger charge is 2.23. The summed E-state index contributed by atoms with van der Waals surface area (Å²) in [5.41, 5.74) is 1.45. The lowest BCUT2D eigenvalue weighted by molar-refractivity contribution is 0.208. The fourth-order valence-corrected chi connectivity index (χ4v) is 3.73. The van der Waals surface area contributed by atoms with Gasteiger partial charge in [0.2, 0.25) is 0 Å². The van der Waals surface area contributed by atoms with Crippen molar-refractivity contribution in [3.63, 3.8) is 0 Å². The molecule has 0 bridgehead atoms. The van der Waals surface area contributed by atoms with Gasteiger partial charge in [-0.25, -0.2) is 4.79 Å². The van der Waals surface area contributed by atoms with Crippen molar-refractivity contribution in [3.8, 4) is 5.75 Å². The van der Waals surface area contributed by atoms with Crippen LogP contribution in [0, 0.1) is 0 Å². The molecule has 0 saturated carbocycles. The number of methoxy groups -OCH3 is 1. The number of ether oxygens (including phenoxy) is 1. The first-order valence-electron chi connectivity index (χ1n) is 8.07. The van der Waals surface area contributed by atoms with Crippen molar-refractivity contribution in [2.75, 3.05) is 43.5 Å². The molecule has 1 N–H and O–H groups in total. The predicted molar refractivity (Wildman–Crippen MR) is 107 cm³/mol. The van der Waals surface area contributed by atoms with Gasteiger partial charge in [0.25, 0.3) is 0 Å². The number of benzene rings is 2. The third-order valence-electron chi connectivity index (χ3n) is 4.22. The molecule has 5 nitrogen and oxygen atoms in total. The molecular formula is C18H18Cl3N3O2. The van der Waals surface area contributed by atoms with Crippen molar-refractivity contribution in [1.82, 2.24) is 4.90 Å². The van der Waals surface area contributed by atoms with E-state index >= 15 is 0 Å². The van der Waals surface area contributed by atoms with E-state index in [-0.39, 0.29) is 6.03 Å². The van der Waals surface area contributed by atoms with Gasteiger partial charge in [0.05, 0.1) is 22.8 Å². The van der Waals surface area contributed by atoms with E-state index < -0.39 is 0 Å². The first-order valence-corrected chi connectivity index (χ1v) is 9.21. The molecule has 1 heterocycles. The molecule has 26 heavy (non-hydrogen) atoms. The van der Waals surface area contributed by atoms with Crippen molar-refractivity contribution in [3.05, 3.63) is 51.5 Å². The van der Waals surface area contributed by atoms with Gasteiger partial charge in [0.1, 0.15) is 5.75 Å². The van der Waals surface area contributed by atoms with Crippen LogP contribution in [-0.2, 0) is 0 Å². The summed E-state index contributed by atoms with van der Waals surface area (Å²) >= 11 is 18.2. The van der Waals surface area contributed by atoms with Crippen molar-refractivity contribution in [2.45, 2.75) is 0 Å². The van der Waals surface area contributed by atoms with Crippen LogP contribution in [0.15, 0.2) is 36.4 Å². The summed E-state index contributed by atoms with van der Waals surface area (Å²) in [6.45, 7) is 2.63. The van der Waals surface area contributed by atoms with Gasteiger partial charge in [-0.3, -0.25) is 0 Å². The zero-order chi connectivity index (χ0) is 18.7. The number of carbonyl (C=O) groups excluding carboxylic acids is 1. The van der Waals surface area contributed by atoms with E-state index in [1.165, 1.54) is 0 Å². The van der Waals surface area contributed by atoms with Gasteiger partial charge in [0.15, 0.2) is 0 Å². The van der Waals surface area contributed by atoms with Gasteiger partial charge in [-0.1, -0.05) is 40.9 Å². The molecule has 138 valence electrons. The van der Waals surface area contributed by atoms with Crippen LogP contribution in [0.2, 0.25) is 15.1 Å². The number of nitrogens with zero attached hydrogens (tertiary/aromatic N) is 2. The average molecular weight is 415 g/mol. The highest BCUT2D eigenvalue weighted by molar-refractivity contribution is 6.42. The average Bonchev–Trinajstić information content (AvgIpc) is 2.64. The van der Waals surface area contributed by atoms with Gasteiger partial charge in [0, 0.05) is 43.0 Å². The number of piperazine rings is 1. The van der Waals surface area contributed by atoms with Crippen LogP contribution in [0.1, 0.15) is 0 Å². The van der Waals surface area contributed by atoms with Crippen LogP contribution in [-0.4, -0.2) is 44.2 Å². The minimum absolute atomic E-state index is 0.235. The zero-order valence-corrected chi connectivity index (χ0v) is 16.4. The maximum atomic E-state index is 12.5. The Bertz CT molecular complexity index is 785. The number of urea groups is 1. The largest absolute Gasteiger partial charge is 0.497 e. The minimum Gasteiger partial charge on any atom is -0.497 e. The second-order valence-electron chi connectivity index (χ2n) is 5.85. The molecule has 3 rings (SSSR count). The number of anilines is 2. The normalized spacial score (nSPS) is 14.3. The standard InChI is InChI=1S/C18H18Cl3N3O2/c1-26-14-4-2-3-13(11-14)23-5-7-24(8-6-23)18(25)22-17-15(20)9-12(19)10-16(17)21/h2-4,9-11H,5-8H2,1H3,(H,22,25). The maximum absolute atomic E-state index is 12.5. The zero-order valence-electron chi connectivity index (χ0n) is 14.1. The number of rotatable bonds is 3. The van der Waals surface area contributed by atoms with Gasteiger partial charge in [-0.05, 0) is 24.3 Å². The molecule has 2 amide bonds. The van der Waals surface area contributed by atoms with Crippen LogP contribution >= 0.6 is 34.8 Å². The second kappa shape index (κ2) is 8.25. The fraction of sp³-hybridized carbons (Fsp3) is 0.278. The van der Waals surface area contributed by atoms with Crippen LogP contribution in [0.25, 0.3) is 0 Å². The Morgan fingerprint density at radius 1 is 1.04 bits per heavy atom. The molecule has 0 spiro atoms. The molecule has 1 fully saturated rings. The lowest BCUT2D eigenvalue weighted by Crippen LogP contribution is -2.50. The van der Waals surface area contributed by atoms with Crippen molar-refractivity contribution in [1.29, 1.82) is 0 Å². The van der Waals surface area contributed by atoms with E-state index in [4.69, 9.17) is 39.5 Å². The Balaban J connectivity index is 1.62. The summed E-state index contributed by atoms with van der Waals surface area (Å²) in [6.07, 6.45) is 0. The Labute approximate surface area is 167 Å². The van der Waals surface area contributed by atoms with Crippen LogP contribution in [0.3, 0.4) is 0 Å². The molecular weight excluding hydrogens is 397 g/mol.